The Kier molecular flexibility index (Phi) is 3.75. The third kappa shape index (κ3) is 2.58. The molecule has 0 aliphatic carbocycles. The number of hydrogen-bond acceptors (Lipinski definition) is 0. The van der Waals surface area contributed by atoms with Gasteiger partial charge in [0.25, 0.3) is 0 Å². The summed E-state index contributed by atoms with van der Waals surface area (Å²) in [5.41, 5.74) is 3.23. The van der Waals surface area contributed by atoms with Crippen molar-refractivity contribution in [1.29, 1.82) is 0 Å². The van der Waals surface area contributed by atoms with Crippen molar-refractivity contribution in [2.24, 2.45) is 0 Å². The first-order chi connectivity index (χ1) is 7.42. The lowest BCUT2D eigenvalue weighted by Gasteiger charge is -2.13. The lowest BCUT2D eigenvalue weighted by Crippen LogP contribution is -2.04. The van der Waals surface area contributed by atoms with Crippen LogP contribution >= 0.6 is 15.3 Å². The molecular weight excluding hydrogens is 264 g/mol. The van der Waals surface area contributed by atoms with E-state index in [2.05, 4.69) is 76.0 Å². The van der Waals surface area contributed by atoms with Gasteiger partial charge < -0.3 is 0 Å². The van der Waals surface area contributed by atoms with Crippen LogP contribution in [0.15, 0.2) is 60.7 Å². The van der Waals surface area contributed by atoms with E-state index in [4.69, 9.17) is 0 Å². The lowest BCUT2D eigenvalue weighted by molar-refractivity contribution is 1.14. The first kappa shape index (κ1) is 10.6. The fourth-order valence-corrected chi connectivity index (χ4v) is 3.83. The molecule has 0 aliphatic rings. The maximum atomic E-state index is 3.62. The molecule has 0 aliphatic heterocycles. The number of hydrogen-bond donors (Lipinski definition) is 0. The van der Waals surface area contributed by atoms with E-state index in [1.54, 1.807) is 0 Å². The summed E-state index contributed by atoms with van der Waals surface area (Å²) >= 11 is 3.62. The SMILES string of the molecule is Br[Si]C(c1ccccc1)c1ccccc1. The molecule has 74 valence electrons. The molecule has 0 fully saturated rings. The van der Waals surface area contributed by atoms with Gasteiger partial charge in [0.1, 0.15) is 8.14 Å². The molecule has 0 atom stereocenters. The van der Waals surface area contributed by atoms with E-state index in [1.165, 1.54) is 11.1 Å². The molecule has 0 saturated heterocycles. The van der Waals surface area contributed by atoms with Crippen LogP contribution in [-0.4, -0.2) is 8.14 Å². The van der Waals surface area contributed by atoms with Crippen molar-refractivity contribution in [2.75, 3.05) is 0 Å². The van der Waals surface area contributed by atoms with E-state index in [9.17, 15) is 0 Å². The molecule has 0 saturated carbocycles. The van der Waals surface area contributed by atoms with Crippen molar-refractivity contribution >= 4 is 23.4 Å². The summed E-state index contributed by atoms with van der Waals surface area (Å²) in [6.45, 7) is 0. The minimum absolute atomic E-state index is 0.479. The Hall–Kier alpha value is -0.863. The highest BCUT2D eigenvalue weighted by Crippen LogP contribution is 2.24. The van der Waals surface area contributed by atoms with Crippen LogP contribution in [0.5, 0.6) is 0 Å². The van der Waals surface area contributed by atoms with Crippen LogP contribution in [0.1, 0.15) is 16.7 Å². The molecule has 2 radical (unpaired) electrons. The average Bonchev–Trinajstić information content (AvgIpc) is 2.33. The third-order valence-electron chi connectivity index (χ3n) is 2.37. The van der Waals surface area contributed by atoms with Crippen molar-refractivity contribution in [3.63, 3.8) is 0 Å². The van der Waals surface area contributed by atoms with Gasteiger partial charge in [0.15, 0.2) is 0 Å². The molecule has 0 nitrogen and oxygen atoms in total. The van der Waals surface area contributed by atoms with Gasteiger partial charge in [-0.1, -0.05) is 60.7 Å². The minimum Gasteiger partial charge on any atom is -0.130 e. The molecule has 2 rings (SSSR count). The Bertz CT molecular complexity index is 360. The molecule has 0 unspecified atom stereocenters. The van der Waals surface area contributed by atoms with Gasteiger partial charge in [-0.05, 0) is 11.1 Å². The predicted molar refractivity (Wildman–Crippen MR) is 69.4 cm³/mol. The number of halogens is 1. The Morgan fingerprint density at radius 3 is 1.47 bits per heavy atom. The topological polar surface area (TPSA) is 0 Å². The molecule has 0 amide bonds. The Balaban J connectivity index is 2.34. The number of benzene rings is 2. The summed E-state index contributed by atoms with van der Waals surface area (Å²) in [5.74, 6) is 0. The van der Waals surface area contributed by atoms with Crippen LogP contribution < -0.4 is 0 Å². The van der Waals surface area contributed by atoms with Gasteiger partial charge >= 0.3 is 0 Å². The van der Waals surface area contributed by atoms with Gasteiger partial charge in [0, 0.05) is 5.54 Å². The highest BCUT2D eigenvalue weighted by atomic mass is 79.9. The monoisotopic (exact) mass is 274 g/mol. The van der Waals surface area contributed by atoms with Gasteiger partial charge in [-0.15, -0.1) is 15.3 Å². The molecule has 15 heavy (non-hydrogen) atoms. The molecule has 2 aromatic rings. The van der Waals surface area contributed by atoms with E-state index < -0.39 is 0 Å². The zero-order valence-corrected chi connectivity index (χ0v) is 10.8. The van der Waals surface area contributed by atoms with Crippen LogP contribution in [0.4, 0.5) is 0 Å². The average molecular weight is 275 g/mol. The van der Waals surface area contributed by atoms with Gasteiger partial charge in [0.2, 0.25) is 0 Å². The summed E-state index contributed by atoms with van der Waals surface area (Å²) in [4.78, 5) is 0. The summed E-state index contributed by atoms with van der Waals surface area (Å²) < 4.78 is 0. The van der Waals surface area contributed by atoms with Crippen molar-refractivity contribution < 1.29 is 0 Å². The molecule has 0 spiro atoms. The summed E-state index contributed by atoms with van der Waals surface area (Å²) in [6.07, 6.45) is 0. The minimum atomic E-state index is 0.479. The van der Waals surface area contributed by atoms with Gasteiger partial charge in [0.05, 0.1) is 0 Å². The highest BCUT2D eigenvalue weighted by Gasteiger charge is 2.12. The van der Waals surface area contributed by atoms with Crippen LogP contribution in [0.2, 0.25) is 0 Å². The maximum absolute atomic E-state index is 3.62. The summed E-state index contributed by atoms with van der Waals surface area (Å²) in [5, 5.41) is 0. The molecular formula is C13H11BrSi. The maximum Gasteiger partial charge on any atom is 0.150 e. The van der Waals surface area contributed by atoms with Gasteiger partial charge in [-0.25, -0.2) is 0 Å². The van der Waals surface area contributed by atoms with E-state index in [0.717, 1.165) is 0 Å². The van der Waals surface area contributed by atoms with Crippen molar-refractivity contribution in [3.05, 3.63) is 71.8 Å². The summed E-state index contributed by atoms with van der Waals surface area (Å²) in [7, 11) is 0.716. The quantitative estimate of drug-likeness (QED) is 0.590. The van der Waals surface area contributed by atoms with E-state index in [0.29, 0.717) is 13.7 Å². The standard InChI is InChI=1S/C13H11BrSi/c14-15-13(11-7-3-1-4-8-11)12-9-5-2-6-10-12/h1-10,13H. The molecule has 2 heteroatoms. The normalized spacial score (nSPS) is 10.5. The van der Waals surface area contributed by atoms with Crippen molar-refractivity contribution in [1.82, 2.24) is 0 Å². The highest BCUT2D eigenvalue weighted by molar-refractivity contribution is 9.23. The second kappa shape index (κ2) is 5.28. The van der Waals surface area contributed by atoms with Crippen LogP contribution in [0.3, 0.4) is 0 Å². The Morgan fingerprint density at radius 1 is 0.733 bits per heavy atom. The zero-order chi connectivity index (χ0) is 10.5. The second-order valence-corrected chi connectivity index (χ2v) is 5.53. The fourth-order valence-electron chi connectivity index (χ4n) is 1.61. The van der Waals surface area contributed by atoms with E-state index >= 15 is 0 Å². The second-order valence-electron chi connectivity index (χ2n) is 3.36. The van der Waals surface area contributed by atoms with Crippen molar-refractivity contribution in [3.8, 4) is 0 Å². The van der Waals surface area contributed by atoms with E-state index in [1.807, 2.05) is 0 Å². The predicted octanol–water partition coefficient (Wildman–Crippen LogP) is 3.79. The van der Waals surface area contributed by atoms with Crippen molar-refractivity contribution in [2.45, 2.75) is 5.54 Å². The lowest BCUT2D eigenvalue weighted by atomic mass is 10.0. The Morgan fingerprint density at radius 2 is 1.13 bits per heavy atom. The molecule has 2 aromatic carbocycles. The van der Waals surface area contributed by atoms with Gasteiger partial charge in [-0.2, -0.15) is 0 Å². The number of rotatable bonds is 3. The molecule has 0 bridgehead atoms. The zero-order valence-electron chi connectivity index (χ0n) is 8.23. The molecule has 0 N–H and O–H groups in total. The first-order valence-electron chi connectivity index (χ1n) is 4.88. The third-order valence-corrected chi connectivity index (χ3v) is 4.63. The smallest absolute Gasteiger partial charge is 0.130 e. The molecule has 0 heterocycles. The van der Waals surface area contributed by atoms with Crippen LogP contribution in [-0.2, 0) is 0 Å². The van der Waals surface area contributed by atoms with Crippen LogP contribution in [0.25, 0.3) is 0 Å². The largest absolute Gasteiger partial charge is 0.150 e. The van der Waals surface area contributed by atoms with Crippen LogP contribution in [0, 0.1) is 0 Å². The Labute approximate surface area is 101 Å². The first-order valence-corrected chi connectivity index (χ1v) is 8.21. The molecule has 0 aromatic heterocycles. The van der Waals surface area contributed by atoms with E-state index in [-0.39, 0.29) is 0 Å². The summed E-state index contributed by atoms with van der Waals surface area (Å²) in [6, 6.07) is 21.2. The van der Waals surface area contributed by atoms with Gasteiger partial charge in [-0.3, -0.25) is 0 Å². The fraction of sp³-hybridized carbons (Fsp3) is 0.0769.